The molecule has 0 amide bonds. The maximum absolute atomic E-state index is 4.14. The molecule has 0 aromatic carbocycles. The molecule has 0 nitrogen and oxygen atoms in total. The number of halogens is 1. The van der Waals surface area contributed by atoms with E-state index < -0.39 is 0 Å². The summed E-state index contributed by atoms with van der Waals surface area (Å²) in [6.45, 7) is 0. The fourth-order valence-corrected chi connectivity index (χ4v) is 0. The third-order valence-corrected chi connectivity index (χ3v) is 0. The van der Waals surface area contributed by atoms with E-state index in [1.165, 1.54) is 0 Å². The van der Waals surface area contributed by atoms with Crippen LogP contribution in [0, 0.1) is 0 Å². The minimum atomic E-state index is 0.230. The SMILES string of the molecule is [B]Cl.[CH3][Sn][CH3].[CH3][Sn][CH3]. The van der Waals surface area contributed by atoms with Crippen molar-refractivity contribution >= 4 is 61.0 Å². The molecule has 0 aromatic heterocycles. The first-order valence-corrected chi connectivity index (χ1v) is 14.1. The number of hydrogen-bond donors (Lipinski definition) is 0. The van der Waals surface area contributed by atoms with Crippen molar-refractivity contribution in [3.05, 3.63) is 0 Å². The van der Waals surface area contributed by atoms with E-state index in [-0.39, 0.29) is 42.3 Å². The third kappa shape index (κ3) is 101. The molecule has 0 saturated heterocycles. The van der Waals surface area contributed by atoms with Gasteiger partial charge >= 0.3 is 62.0 Å². The molecule has 6 radical (unpaired) electrons. The van der Waals surface area contributed by atoms with Gasteiger partial charge in [-0.1, -0.05) is 0 Å². The van der Waals surface area contributed by atoms with Crippen LogP contribution in [-0.4, -0.2) is 49.5 Å². The van der Waals surface area contributed by atoms with E-state index in [1.54, 1.807) is 0 Å². The van der Waals surface area contributed by atoms with Crippen LogP contribution in [-0.2, 0) is 0 Å². The quantitative estimate of drug-likeness (QED) is 0.589. The minimum absolute atomic E-state index is 0.230. The first-order chi connectivity index (χ1) is 3.83. The molecule has 8 heavy (non-hydrogen) atoms. The normalized spacial score (nSPS) is 5.12. The van der Waals surface area contributed by atoms with Crippen molar-refractivity contribution in [2.24, 2.45) is 0 Å². The Morgan fingerprint density at radius 1 is 0.875 bits per heavy atom. The number of hydrogen-bond acceptors (Lipinski definition) is 0. The van der Waals surface area contributed by atoms with Gasteiger partial charge in [0.15, 0.2) is 0 Å². The van der Waals surface area contributed by atoms with Gasteiger partial charge < -0.3 is 0 Å². The predicted molar refractivity (Wildman–Crippen MR) is 46.6 cm³/mol. The van der Waals surface area contributed by atoms with Crippen LogP contribution in [0.25, 0.3) is 0 Å². The Morgan fingerprint density at radius 3 is 0.875 bits per heavy atom. The molecule has 4 heteroatoms. The van der Waals surface area contributed by atoms with E-state index in [9.17, 15) is 0 Å². The second-order valence-corrected chi connectivity index (χ2v) is 6.71. The Balaban J connectivity index is -0.0000000483. The third-order valence-electron chi connectivity index (χ3n) is 0. The molecule has 0 spiro atoms. The molecular weight excluding hydrogens is 332 g/mol. The summed E-state index contributed by atoms with van der Waals surface area (Å²) in [5.41, 5.74) is 0. The molecular formula is C4H12BClSn2. The van der Waals surface area contributed by atoms with Crippen molar-refractivity contribution in [2.45, 2.75) is 19.8 Å². The molecule has 0 aromatic rings. The Labute approximate surface area is 79.9 Å². The molecule has 46 valence electrons. The molecule has 0 aliphatic rings. The zero-order chi connectivity index (χ0) is 7.41. The summed E-state index contributed by atoms with van der Waals surface area (Å²) >= 11 is 4.60. The van der Waals surface area contributed by atoms with E-state index in [0.717, 1.165) is 0 Å². The molecule has 0 aliphatic heterocycles. The van der Waals surface area contributed by atoms with Crippen LogP contribution < -0.4 is 0 Å². The zero-order valence-electron chi connectivity index (χ0n) is 5.96. The van der Waals surface area contributed by atoms with E-state index in [4.69, 9.17) is 0 Å². The molecule has 0 atom stereocenters. The molecule has 0 heterocycles. The van der Waals surface area contributed by atoms with E-state index >= 15 is 0 Å². The van der Waals surface area contributed by atoms with E-state index in [0.29, 0.717) is 0 Å². The van der Waals surface area contributed by atoms with Crippen molar-refractivity contribution in [3.63, 3.8) is 0 Å². The van der Waals surface area contributed by atoms with Crippen LogP contribution in [0.3, 0.4) is 0 Å². The van der Waals surface area contributed by atoms with Crippen molar-refractivity contribution in [3.8, 4) is 0 Å². The average Bonchev–Trinajstić information content (AvgIpc) is 1.75. The molecule has 0 aliphatic carbocycles. The van der Waals surface area contributed by atoms with Crippen molar-refractivity contribution in [2.75, 3.05) is 0 Å². The van der Waals surface area contributed by atoms with Gasteiger partial charge in [0.2, 0.25) is 7.26 Å². The summed E-state index contributed by atoms with van der Waals surface area (Å²) in [6, 6.07) is 0. The second kappa shape index (κ2) is 36.2. The predicted octanol–water partition coefficient (Wildman–Crippen LogP) is 1.88. The summed E-state index contributed by atoms with van der Waals surface area (Å²) in [5, 5.41) is 0. The molecule has 0 fully saturated rings. The Hall–Kier alpha value is 1.95. The first kappa shape index (κ1) is 16.5. The van der Waals surface area contributed by atoms with Crippen LogP contribution in [0.15, 0.2) is 0 Å². The standard InChI is InChI=1S/4CH3.BCl.2Sn/c;;;;1-2;;/h4*1H3;;;. The van der Waals surface area contributed by atoms with Gasteiger partial charge in [-0.05, 0) is 0 Å². The van der Waals surface area contributed by atoms with Gasteiger partial charge in [0, 0.05) is 0 Å². The second-order valence-electron chi connectivity index (χ2n) is 1.00. The van der Waals surface area contributed by atoms with E-state index in [2.05, 4.69) is 38.5 Å². The molecule has 0 saturated carbocycles. The number of rotatable bonds is 0. The summed E-state index contributed by atoms with van der Waals surface area (Å²) in [7, 11) is 3.97. The molecule has 0 rings (SSSR count). The average molecular weight is 344 g/mol. The van der Waals surface area contributed by atoms with Crippen molar-refractivity contribution in [1.29, 1.82) is 0 Å². The monoisotopic (exact) mass is 346 g/mol. The summed E-state index contributed by atoms with van der Waals surface area (Å²) in [4.78, 5) is 9.18. The van der Waals surface area contributed by atoms with Crippen LogP contribution in [0.4, 0.5) is 0 Å². The maximum atomic E-state index is 4.14. The summed E-state index contributed by atoms with van der Waals surface area (Å²) in [6.07, 6.45) is 0. The Kier molecular flexibility index (Phi) is 74.8. The van der Waals surface area contributed by atoms with Gasteiger partial charge in [0.05, 0.1) is 0 Å². The van der Waals surface area contributed by atoms with Crippen molar-refractivity contribution < 1.29 is 0 Å². The summed E-state index contributed by atoms with van der Waals surface area (Å²) in [5.74, 6) is 0. The molecule has 0 bridgehead atoms. The van der Waals surface area contributed by atoms with Crippen LogP contribution in [0.5, 0.6) is 0 Å². The molecule has 0 N–H and O–H groups in total. The van der Waals surface area contributed by atoms with Gasteiger partial charge in [-0.25, -0.2) is 11.5 Å². The van der Waals surface area contributed by atoms with Gasteiger partial charge in [0.25, 0.3) is 0 Å². The molecule has 0 unspecified atom stereocenters. The van der Waals surface area contributed by atoms with Gasteiger partial charge in [0.1, 0.15) is 0 Å². The topological polar surface area (TPSA) is 0 Å². The Bertz CT molecular complexity index is 16.0. The van der Waals surface area contributed by atoms with Crippen molar-refractivity contribution in [1.82, 2.24) is 0 Å². The van der Waals surface area contributed by atoms with Crippen LogP contribution >= 0.6 is 11.5 Å². The van der Waals surface area contributed by atoms with Gasteiger partial charge in [-0.2, -0.15) is 0 Å². The fraction of sp³-hybridized carbons (Fsp3) is 1.00. The Morgan fingerprint density at radius 2 is 0.875 bits per heavy atom. The fourth-order valence-electron chi connectivity index (χ4n) is 0. The van der Waals surface area contributed by atoms with Crippen LogP contribution in [0.2, 0.25) is 19.8 Å². The van der Waals surface area contributed by atoms with E-state index in [1.807, 2.05) is 0 Å². The van der Waals surface area contributed by atoms with Crippen LogP contribution in [0.1, 0.15) is 0 Å². The van der Waals surface area contributed by atoms with Gasteiger partial charge in [-0.15, -0.1) is 0 Å². The zero-order valence-corrected chi connectivity index (χ0v) is 12.4. The first-order valence-electron chi connectivity index (χ1n) is 2.22. The summed E-state index contributed by atoms with van der Waals surface area (Å²) < 4.78 is 0. The van der Waals surface area contributed by atoms with Gasteiger partial charge in [-0.3, -0.25) is 0 Å².